The summed E-state index contributed by atoms with van der Waals surface area (Å²) in [7, 11) is 0. The molecule has 1 aliphatic rings. The predicted molar refractivity (Wildman–Crippen MR) is 93.4 cm³/mol. The molecule has 0 bridgehead atoms. The van der Waals surface area contributed by atoms with Gasteiger partial charge in [0.2, 0.25) is 5.91 Å². The van der Waals surface area contributed by atoms with Crippen LogP contribution in [0.25, 0.3) is 10.7 Å². The van der Waals surface area contributed by atoms with E-state index in [-0.39, 0.29) is 5.91 Å². The van der Waals surface area contributed by atoms with Crippen LogP contribution in [0.15, 0.2) is 24.4 Å². The third kappa shape index (κ3) is 4.38. The molecule has 23 heavy (non-hydrogen) atoms. The molecule has 0 atom stereocenters. The highest BCUT2D eigenvalue weighted by atomic mass is 32.1. The van der Waals surface area contributed by atoms with E-state index in [1.165, 1.54) is 25.7 Å². The molecule has 1 saturated carbocycles. The van der Waals surface area contributed by atoms with Crippen LogP contribution < -0.4 is 5.32 Å². The van der Waals surface area contributed by atoms with E-state index in [2.05, 4.69) is 15.3 Å². The minimum absolute atomic E-state index is 0.122. The Balaban J connectivity index is 1.63. The molecule has 3 rings (SSSR count). The minimum Gasteiger partial charge on any atom is -0.353 e. The average Bonchev–Trinajstić information content (AvgIpc) is 2.75. The van der Waals surface area contributed by atoms with E-state index in [9.17, 15) is 4.79 Å². The second-order valence-corrected chi connectivity index (χ2v) is 7.26. The summed E-state index contributed by atoms with van der Waals surface area (Å²) in [6, 6.07) is 6.16. The van der Waals surface area contributed by atoms with Crippen molar-refractivity contribution in [1.82, 2.24) is 15.3 Å². The van der Waals surface area contributed by atoms with E-state index in [4.69, 9.17) is 0 Å². The molecular weight excluding hydrogens is 306 g/mol. The van der Waals surface area contributed by atoms with Crippen molar-refractivity contribution in [3.8, 4) is 10.7 Å². The van der Waals surface area contributed by atoms with Crippen molar-refractivity contribution >= 4 is 17.2 Å². The molecule has 0 radical (unpaired) electrons. The van der Waals surface area contributed by atoms with Gasteiger partial charge in [-0.3, -0.25) is 9.78 Å². The van der Waals surface area contributed by atoms with Gasteiger partial charge in [-0.15, -0.1) is 11.3 Å². The number of nitrogens with zero attached hydrogens (tertiary/aromatic N) is 2. The summed E-state index contributed by atoms with van der Waals surface area (Å²) >= 11 is 1.57. The van der Waals surface area contributed by atoms with Crippen molar-refractivity contribution in [2.45, 2.75) is 57.9 Å². The zero-order valence-corrected chi connectivity index (χ0v) is 14.4. The van der Waals surface area contributed by atoms with Crippen molar-refractivity contribution < 1.29 is 4.79 Å². The van der Waals surface area contributed by atoms with Crippen molar-refractivity contribution in [3.05, 3.63) is 35.0 Å². The van der Waals surface area contributed by atoms with Gasteiger partial charge in [0, 0.05) is 17.1 Å². The highest BCUT2D eigenvalue weighted by Gasteiger charge is 2.17. The van der Waals surface area contributed by atoms with Crippen LogP contribution in [0, 0.1) is 6.92 Å². The lowest BCUT2D eigenvalue weighted by molar-refractivity contribution is -0.121. The number of aromatic nitrogens is 2. The Bertz CT molecular complexity index is 646. The fourth-order valence-corrected chi connectivity index (χ4v) is 4.08. The van der Waals surface area contributed by atoms with Crippen molar-refractivity contribution in [2.24, 2.45) is 0 Å². The molecule has 4 nitrogen and oxygen atoms in total. The number of pyridine rings is 1. The smallest absolute Gasteiger partial charge is 0.225 e. The number of hydrogen-bond acceptors (Lipinski definition) is 4. The highest BCUT2D eigenvalue weighted by Crippen LogP contribution is 2.27. The molecule has 2 heterocycles. The van der Waals surface area contributed by atoms with Crippen LogP contribution in [0.1, 0.15) is 49.1 Å². The third-order valence-electron chi connectivity index (χ3n) is 4.32. The average molecular weight is 329 g/mol. The van der Waals surface area contributed by atoms with Crippen LogP contribution in [0.4, 0.5) is 0 Å². The molecule has 0 unspecified atom stereocenters. The van der Waals surface area contributed by atoms with E-state index in [0.29, 0.717) is 12.5 Å². The first-order valence-electron chi connectivity index (χ1n) is 8.39. The molecule has 1 aliphatic carbocycles. The topological polar surface area (TPSA) is 54.9 Å². The van der Waals surface area contributed by atoms with Gasteiger partial charge >= 0.3 is 0 Å². The largest absolute Gasteiger partial charge is 0.353 e. The van der Waals surface area contributed by atoms with Crippen LogP contribution in [-0.4, -0.2) is 21.9 Å². The molecule has 0 aromatic carbocycles. The fourth-order valence-electron chi connectivity index (χ4n) is 3.04. The monoisotopic (exact) mass is 329 g/mol. The van der Waals surface area contributed by atoms with E-state index in [1.54, 1.807) is 17.5 Å². The Morgan fingerprint density at radius 2 is 2.04 bits per heavy atom. The summed E-state index contributed by atoms with van der Waals surface area (Å²) in [6.45, 7) is 1.97. The zero-order valence-electron chi connectivity index (χ0n) is 13.5. The number of thiazole rings is 1. The first-order valence-corrected chi connectivity index (χ1v) is 9.21. The standard InChI is InChI=1S/C18H23N3OS/c1-13-16(23-18(20-13)15-10-6-7-11-19-15)12-17(22)21-14-8-4-2-3-5-9-14/h6-7,10-11,14H,2-5,8-9,12H2,1H3,(H,21,22). The van der Waals surface area contributed by atoms with E-state index in [0.717, 1.165) is 34.1 Å². The lowest BCUT2D eigenvalue weighted by atomic mass is 10.1. The zero-order chi connectivity index (χ0) is 16.1. The first kappa shape index (κ1) is 16.1. The molecule has 5 heteroatoms. The summed E-state index contributed by atoms with van der Waals surface area (Å²) in [4.78, 5) is 22.3. The maximum atomic E-state index is 12.3. The van der Waals surface area contributed by atoms with Crippen LogP contribution in [0.3, 0.4) is 0 Å². The maximum Gasteiger partial charge on any atom is 0.225 e. The Morgan fingerprint density at radius 1 is 1.26 bits per heavy atom. The number of carbonyl (C=O) groups is 1. The number of aryl methyl sites for hydroxylation is 1. The van der Waals surface area contributed by atoms with Crippen LogP contribution in [0.5, 0.6) is 0 Å². The third-order valence-corrected chi connectivity index (χ3v) is 5.50. The number of rotatable bonds is 4. The fraction of sp³-hybridized carbons (Fsp3) is 0.500. The van der Waals surface area contributed by atoms with Crippen molar-refractivity contribution in [2.75, 3.05) is 0 Å². The predicted octanol–water partition coefficient (Wildman–Crippen LogP) is 3.90. The van der Waals surface area contributed by atoms with Crippen LogP contribution in [-0.2, 0) is 11.2 Å². The van der Waals surface area contributed by atoms with E-state index < -0.39 is 0 Å². The molecule has 2 aromatic rings. The molecular formula is C18H23N3OS. The van der Waals surface area contributed by atoms with E-state index >= 15 is 0 Å². The van der Waals surface area contributed by atoms with E-state index in [1.807, 2.05) is 25.1 Å². The van der Waals surface area contributed by atoms with Crippen LogP contribution >= 0.6 is 11.3 Å². The van der Waals surface area contributed by atoms with Crippen molar-refractivity contribution in [1.29, 1.82) is 0 Å². The van der Waals surface area contributed by atoms with Gasteiger partial charge in [0.1, 0.15) is 5.01 Å². The first-order chi connectivity index (χ1) is 11.2. The molecule has 1 amide bonds. The summed E-state index contributed by atoms with van der Waals surface area (Å²) in [5.41, 5.74) is 1.81. The summed E-state index contributed by atoms with van der Waals surface area (Å²) in [6.07, 6.45) is 9.49. The quantitative estimate of drug-likeness (QED) is 0.866. The van der Waals surface area contributed by atoms with Gasteiger partial charge < -0.3 is 5.32 Å². The number of carbonyl (C=O) groups excluding carboxylic acids is 1. The highest BCUT2D eigenvalue weighted by molar-refractivity contribution is 7.15. The Morgan fingerprint density at radius 3 is 2.74 bits per heavy atom. The molecule has 122 valence electrons. The SMILES string of the molecule is Cc1nc(-c2ccccn2)sc1CC(=O)NC1CCCCCC1. The van der Waals surface area contributed by atoms with Crippen LogP contribution in [0.2, 0.25) is 0 Å². The second-order valence-electron chi connectivity index (χ2n) is 6.18. The number of amides is 1. The van der Waals surface area contributed by atoms with Gasteiger partial charge in [-0.25, -0.2) is 4.98 Å². The van der Waals surface area contributed by atoms with Gasteiger partial charge in [-0.05, 0) is 31.9 Å². The second kappa shape index (κ2) is 7.68. The Kier molecular flexibility index (Phi) is 5.39. The number of nitrogens with one attached hydrogen (secondary N) is 1. The van der Waals surface area contributed by atoms with Gasteiger partial charge in [-0.1, -0.05) is 31.7 Å². The molecule has 2 aromatic heterocycles. The molecule has 1 fully saturated rings. The normalized spacial score (nSPS) is 16.0. The molecule has 1 N–H and O–H groups in total. The van der Waals surface area contributed by atoms with Gasteiger partial charge in [0.05, 0.1) is 17.8 Å². The Labute approximate surface area is 141 Å². The number of hydrogen-bond donors (Lipinski definition) is 1. The summed E-state index contributed by atoms with van der Waals surface area (Å²) < 4.78 is 0. The van der Waals surface area contributed by atoms with Gasteiger partial charge in [0.25, 0.3) is 0 Å². The maximum absolute atomic E-state index is 12.3. The molecule has 0 saturated heterocycles. The molecule has 0 spiro atoms. The van der Waals surface area contributed by atoms with Gasteiger partial charge in [0.15, 0.2) is 0 Å². The van der Waals surface area contributed by atoms with Gasteiger partial charge in [-0.2, -0.15) is 0 Å². The lowest BCUT2D eigenvalue weighted by Gasteiger charge is -2.15. The van der Waals surface area contributed by atoms with Crippen molar-refractivity contribution in [3.63, 3.8) is 0 Å². The summed E-state index contributed by atoms with van der Waals surface area (Å²) in [5, 5.41) is 4.10. The molecule has 0 aliphatic heterocycles. The summed E-state index contributed by atoms with van der Waals surface area (Å²) in [5.74, 6) is 0.122. The lowest BCUT2D eigenvalue weighted by Crippen LogP contribution is -2.35. The Hall–Kier alpha value is -1.75. The minimum atomic E-state index is 0.122.